The van der Waals surface area contributed by atoms with E-state index in [4.69, 9.17) is 0 Å². The van der Waals surface area contributed by atoms with Crippen LogP contribution >= 0.6 is 11.3 Å². The number of nitrogens with zero attached hydrogens (tertiary/aromatic N) is 3. The number of hydrogen-bond acceptors (Lipinski definition) is 5. The van der Waals surface area contributed by atoms with Crippen molar-refractivity contribution in [2.45, 2.75) is 37.9 Å². The lowest BCUT2D eigenvalue weighted by atomic mass is 9.94. The molecule has 154 valence electrons. The fourth-order valence-electron chi connectivity index (χ4n) is 3.60. The van der Waals surface area contributed by atoms with E-state index in [9.17, 15) is 18.0 Å². The molecule has 1 unspecified atom stereocenters. The van der Waals surface area contributed by atoms with E-state index in [1.807, 2.05) is 13.0 Å². The number of hydrogen-bond donors (Lipinski definition) is 2. The SMILES string of the molecule is Cc1cc(C2CCNCC2)nc2c(C(=O)NC(c3cccs3)C(F)(F)F)ncn12. The first-order valence-electron chi connectivity index (χ1n) is 9.31. The average Bonchev–Trinajstić information content (AvgIpc) is 3.36. The predicted octanol–water partition coefficient (Wildman–Crippen LogP) is 3.60. The third-order valence-corrected chi connectivity index (χ3v) is 6.05. The van der Waals surface area contributed by atoms with Crippen molar-refractivity contribution in [1.29, 1.82) is 0 Å². The molecule has 1 saturated heterocycles. The van der Waals surface area contributed by atoms with Gasteiger partial charge in [0.15, 0.2) is 17.4 Å². The van der Waals surface area contributed by atoms with E-state index in [1.165, 1.54) is 18.5 Å². The molecule has 10 heteroatoms. The van der Waals surface area contributed by atoms with Crippen molar-refractivity contribution in [2.75, 3.05) is 13.1 Å². The van der Waals surface area contributed by atoms with Crippen molar-refractivity contribution in [3.8, 4) is 0 Å². The second-order valence-electron chi connectivity index (χ2n) is 7.10. The number of aromatic nitrogens is 3. The molecule has 0 aromatic carbocycles. The first-order chi connectivity index (χ1) is 13.8. The maximum absolute atomic E-state index is 13.5. The van der Waals surface area contributed by atoms with Gasteiger partial charge in [0.05, 0.1) is 0 Å². The normalized spacial score (nSPS) is 16.8. The summed E-state index contributed by atoms with van der Waals surface area (Å²) in [5.74, 6) is -0.641. The number of rotatable bonds is 4. The Balaban J connectivity index is 1.67. The standard InChI is InChI=1S/C19H20F3N5OS/c1-11-9-13(12-4-6-23-7-5-12)25-17-15(24-10-27(11)17)18(28)26-16(19(20,21)22)14-3-2-8-29-14/h2-3,8-10,12,16,23H,4-7H2,1H3,(H,26,28). The molecule has 1 amide bonds. The van der Waals surface area contributed by atoms with Gasteiger partial charge in [0.2, 0.25) is 0 Å². The van der Waals surface area contributed by atoms with Crippen LogP contribution in [0.4, 0.5) is 13.2 Å². The number of halogens is 3. The van der Waals surface area contributed by atoms with Gasteiger partial charge >= 0.3 is 6.18 Å². The minimum atomic E-state index is -4.61. The second-order valence-corrected chi connectivity index (χ2v) is 8.08. The van der Waals surface area contributed by atoms with Crippen LogP contribution in [0.3, 0.4) is 0 Å². The highest BCUT2D eigenvalue weighted by Crippen LogP contribution is 2.35. The summed E-state index contributed by atoms with van der Waals surface area (Å²) in [4.78, 5) is 21.4. The van der Waals surface area contributed by atoms with Gasteiger partial charge < -0.3 is 10.6 Å². The van der Waals surface area contributed by atoms with Crippen LogP contribution in [0.15, 0.2) is 29.9 Å². The van der Waals surface area contributed by atoms with Crippen molar-refractivity contribution in [2.24, 2.45) is 0 Å². The van der Waals surface area contributed by atoms with Gasteiger partial charge in [-0.3, -0.25) is 9.20 Å². The number of alkyl halides is 3. The lowest BCUT2D eigenvalue weighted by Gasteiger charge is -2.22. The Bertz CT molecular complexity index is 1010. The second kappa shape index (κ2) is 7.75. The van der Waals surface area contributed by atoms with E-state index in [1.54, 1.807) is 9.78 Å². The number of nitrogens with one attached hydrogen (secondary N) is 2. The molecule has 4 rings (SSSR count). The first kappa shape index (κ1) is 19.8. The topological polar surface area (TPSA) is 71.3 Å². The number of fused-ring (bicyclic) bond motifs is 1. The molecule has 0 bridgehead atoms. The van der Waals surface area contributed by atoms with Crippen LogP contribution in [-0.4, -0.2) is 39.5 Å². The van der Waals surface area contributed by atoms with Gasteiger partial charge in [-0.25, -0.2) is 9.97 Å². The number of aryl methyl sites for hydroxylation is 1. The van der Waals surface area contributed by atoms with Gasteiger partial charge in [0.25, 0.3) is 5.91 Å². The molecule has 29 heavy (non-hydrogen) atoms. The zero-order valence-corrected chi connectivity index (χ0v) is 16.5. The first-order valence-corrected chi connectivity index (χ1v) is 10.2. The summed E-state index contributed by atoms with van der Waals surface area (Å²) in [6.45, 7) is 3.64. The van der Waals surface area contributed by atoms with Gasteiger partial charge in [0, 0.05) is 22.2 Å². The summed E-state index contributed by atoms with van der Waals surface area (Å²) in [7, 11) is 0. The summed E-state index contributed by atoms with van der Waals surface area (Å²) in [5.41, 5.74) is 1.86. The van der Waals surface area contributed by atoms with Crippen LogP contribution < -0.4 is 10.6 Å². The van der Waals surface area contributed by atoms with E-state index in [0.29, 0.717) is 0 Å². The van der Waals surface area contributed by atoms with Crippen LogP contribution in [-0.2, 0) is 0 Å². The third-order valence-electron chi connectivity index (χ3n) is 5.12. The number of carbonyl (C=O) groups excluding carboxylic acids is 1. The summed E-state index contributed by atoms with van der Waals surface area (Å²) < 4.78 is 42.2. The van der Waals surface area contributed by atoms with Crippen LogP contribution in [0.5, 0.6) is 0 Å². The van der Waals surface area contributed by atoms with Crippen LogP contribution in [0, 0.1) is 6.92 Å². The molecular formula is C19H20F3N5OS. The third kappa shape index (κ3) is 3.99. The van der Waals surface area contributed by atoms with Gasteiger partial charge in [0.1, 0.15) is 6.33 Å². The van der Waals surface area contributed by atoms with Crippen molar-refractivity contribution in [3.63, 3.8) is 0 Å². The quantitative estimate of drug-likeness (QED) is 0.673. The summed E-state index contributed by atoms with van der Waals surface area (Å²) in [6.07, 6.45) is -1.34. The Morgan fingerprint density at radius 1 is 1.38 bits per heavy atom. The number of carbonyl (C=O) groups is 1. The molecule has 0 radical (unpaired) electrons. The molecule has 0 aliphatic carbocycles. The molecule has 4 heterocycles. The lowest BCUT2D eigenvalue weighted by Crippen LogP contribution is -2.38. The summed E-state index contributed by atoms with van der Waals surface area (Å²) in [5, 5.41) is 6.93. The maximum Gasteiger partial charge on any atom is 0.413 e. The molecular weight excluding hydrogens is 403 g/mol. The number of imidazole rings is 1. The molecule has 1 atom stereocenters. The average molecular weight is 423 g/mol. The number of piperidine rings is 1. The van der Waals surface area contributed by atoms with Gasteiger partial charge in [-0.05, 0) is 50.4 Å². The number of amides is 1. The zero-order valence-electron chi connectivity index (χ0n) is 15.7. The van der Waals surface area contributed by atoms with Gasteiger partial charge in [-0.15, -0.1) is 11.3 Å². The monoisotopic (exact) mass is 423 g/mol. The summed E-state index contributed by atoms with van der Waals surface area (Å²) >= 11 is 0.943. The largest absolute Gasteiger partial charge is 0.413 e. The Labute approximate surface area is 169 Å². The minimum Gasteiger partial charge on any atom is -0.335 e. The minimum absolute atomic E-state index is 0.0221. The smallest absolute Gasteiger partial charge is 0.335 e. The van der Waals surface area contributed by atoms with Crippen molar-refractivity contribution >= 4 is 22.9 Å². The van der Waals surface area contributed by atoms with Crippen LogP contribution in [0.1, 0.15) is 51.6 Å². The fraction of sp³-hybridized carbons (Fsp3) is 0.421. The Morgan fingerprint density at radius 3 is 2.79 bits per heavy atom. The van der Waals surface area contributed by atoms with E-state index in [0.717, 1.165) is 48.7 Å². The molecule has 0 spiro atoms. The van der Waals surface area contributed by atoms with E-state index >= 15 is 0 Å². The van der Waals surface area contributed by atoms with Crippen LogP contribution in [0.25, 0.3) is 5.65 Å². The molecule has 2 N–H and O–H groups in total. The van der Waals surface area contributed by atoms with Crippen molar-refractivity contribution in [1.82, 2.24) is 25.0 Å². The molecule has 6 nitrogen and oxygen atoms in total. The lowest BCUT2D eigenvalue weighted by molar-refractivity contribution is -0.154. The summed E-state index contributed by atoms with van der Waals surface area (Å²) in [6, 6.07) is 2.75. The number of thiophene rings is 1. The molecule has 1 aliphatic heterocycles. The molecule has 3 aromatic heterocycles. The van der Waals surface area contributed by atoms with Crippen molar-refractivity contribution < 1.29 is 18.0 Å². The van der Waals surface area contributed by atoms with Crippen LogP contribution in [0.2, 0.25) is 0 Å². The Morgan fingerprint density at radius 2 is 2.14 bits per heavy atom. The Hall–Kier alpha value is -2.46. The van der Waals surface area contributed by atoms with Gasteiger partial charge in [-0.2, -0.15) is 13.2 Å². The van der Waals surface area contributed by atoms with E-state index < -0.39 is 18.1 Å². The van der Waals surface area contributed by atoms with Crippen molar-refractivity contribution in [3.05, 3.63) is 51.9 Å². The molecule has 0 saturated carbocycles. The van der Waals surface area contributed by atoms with Gasteiger partial charge in [-0.1, -0.05) is 6.07 Å². The highest BCUT2D eigenvalue weighted by atomic mass is 32.1. The molecule has 1 fully saturated rings. The molecule has 3 aromatic rings. The molecule has 1 aliphatic rings. The highest BCUT2D eigenvalue weighted by molar-refractivity contribution is 7.10. The highest BCUT2D eigenvalue weighted by Gasteiger charge is 2.43. The fourth-order valence-corrected chi connectivity index (χ4v) is 4.40. The Kier molecular flexibility index (Phi) is 5.30. The predicted molar refractivity (Wildman–Crippen MR) is 103 cm³/mol. The maximum atomic E-state index is 13.5. The van der Waals surface area contributed by atoms with E-state index in [2.05, 4.69) is 20.6 Å². The van der Waals surface area contributed by atoms with E-state index in [-0.39, 0.29) is 22.1 Å². The zero-order chi connectivity index (χ0) is 20.6.